The third kappa shape index (κ3) is 4.73. The number of carbonyl (C=O) groups is 1. The summed E-state index contributed by atoms with van der Waals surface area (Å²) in [5.41, 5.74) is 1.88. The zero-order chi connectivity index (χ0) is 15.9. The lowest BCUT2D eigenvalue weighted by Gasteiger charge is -2.28. The van der Waals surface area contributed by atoms with E-state index in [4.69, 9.17) is 0 Å². The Hall–Kier alpha value is -1.55. The highest BCUT2D eigenvalue weighted by Crippen LogP contribution is 2.20. The van der Waals surface area contributed by atoms with Crippen molar-refractivity contribution >= 4 is 11.6 Å². The van der Waals surface area contributed by atoms with Crippen molar-refractivity contribution in [2.24, 2.45) is 5.92 Å². The molecule has 0 aromatic heterocycles. The molecule has 0 bridgehead atoms. The molecule has 4 heteroatoms. The van der Waals surface area contributed by atoms with Crippen LogP contribution in [-0.2, 0) is 0 Å². The summed E-state index contributed by atoms with van der Waals surface area (Å²) in [7, 11) is 0. The Morgan fingerprint density at radius 3 is 2.41 bits per heavy atom. The van der Waals surface area contributed by atoms with E-state index in [-0.39, 0.29) is 17.9 Å². The van der Waals surface area contributed by atoms with Crippen molar-refractivity contribution in [3.8, 4) is 0 Å². The molecular weight excluding hydrogens is 276 g/mol. The van der Waals surface area contributed by atoms with Crippen LogP contribution in [0.3, 0.4) is 0 Å². The van der Waals surface area contributed by atoms with Gasteiger partial charge in [0.15, 0.2) is 0 Å². The first-order valence-electron chi connectivity index (χ1n) is 8.39. The molecule has 1 saturated heterocycles. The summed E-state index contributed by atoms with van der Waals surface area (Å²) in [5.74, 6) is 0.155. The average Bonchev–Trinajstić information content (AvgIpc) is 2.55. The quantitative estimate of drug-likeness (QED) is 0.849. The Balaban J connectivity index is 1.83. The van der Waals surface area contributed by atoms with Crippen molar-refractivity contribution in [3.63, 3.8) is 0 Å². The van der Waals surface area contributed by atoms with E-state index in [2.05, 4.69) is 10.2 Å². The van der Waals surface area contributed by atoms with Gasteiger partial charge in [0, 0.05) is 30.9 Å². The van der Waals surface area contributed by atoms with E-state index < -0.39 is 0 Å². The standard InChI is InChI=1S/C18H28N2O2/c1-14(2)17(21)10-11-19-18(22)15-6-8-16(9-7-15)20-12-4-3-5-13-20/h6-9,14,17,21H,3-5,10-13H2,1-2H3,(H,19,22). The summed E-state index contributed by atoms with van der Waals surface area (Å²) in [5, 5.41) is 12.6. The van der Waals surface area contributed by atoms with E-state index in [1.165, 1.54) is 24.9 Å². The second kappa shape index (κ2) is 8.18. The van der Waals surface area contributed by atoms with Crippen LogP contribution in [0.1, 0.15) is 49.9 Å². The summed E-state index contributed by atoms with van der Waals surface area (Å²) < 4.78 is 0. The molecule has 1 atom stereocenters. The average molecular weight is 304 g/mol. The molecule has 122 valence electrons. The summed E-state index contributed by atoms with van der Waals surface area (Å²) >= 11 is 0. The maximum absolute atomic E-state index is 12.1. The smallest absolute Gasteiger partial charge is 0.251 e. The van der Waals surface area contributed by atoms with Crippen LogP contribution in [0.2, 0.25) is 0 Å². The van der Waals surface area contributed by atoms with Crippen molar-refractivity contribution < 1.29 is 9.90 Å². The predicted octanol–water partition coefficient (Wildman–Crippen LogP) is 2.81. The number of hydrogen-bond donors (Lipinski definition) is 2. The topological polar surface area (TPSA) is 52.6 Å². The summed E-state index contributed by atoms with van der Waals surface area (Å²) in [4.78, 5) is 14.5. The van der Waals surface area contributed by atoms with Crippen LogP contribution in [-0.4, -0.2) is 36.8 Å². The van der Waals surface area contributed by atoms with Crippen molar-refractivity contribution in [1.29, 1.82) is 0 Å². The third-order valence-corrected chi connectivity index (χ3v) is 4.35. The number of carbonyl (C=O) groups excluding carboxylic acids is 1. The summed E-state index contributed by atoms with van der Waals surface area (Å²) in [6, 6.07) is 7.84. The number of anilines is 1. The number of benzene rings is 1. The zero-order valence-electron chi connectivity index (χ0n) is 13.7. The summed E-state index contributed by atoms with van der Waals surface area (Å²) in [6.07, 6.45) is 4.05. The van der Waals surface area contributed by atoms with Gasteiger partial charge in [-0.2, -0.15) is 0 Å². The number of nitrogens with one attached hydrogen (secondary N) is 1. The molecule has 1 aliphatic rings. The minimum atomic E-state index is -0.359. The van der Waals surface area contributed by atoms with E-state index >= 15 is 0 Å². The number of piperidine rings is 1. The molecule has 1 amide bonds. The van der Waals surface area contributed by atoms with Crippen LogP contribution >= 0.6 is 0 Å². The van der Waals surface area contributed by atoms with E-state index in [0.29, 0.717) is 18.5 Å². The van der Waals surface area contributed by atoms with Gasteiger partial charge in [-0.3, -0.25) is 4.79 Å². The number of aliphatic hydroxyl groups is 1. The zero-order valence-corrected chi connectivity index (χ0v) is 13.7. The second-order valence-corrected chi connectivity index (χ2v) is 6.45. The van der Waals surface area contributed by atoms with Crippen molar-refractivity contribution in [2.45, 2.75) is 45.6 Å². The van der Waals surface area contributed by atoms with Crippen molar-refractivity contribution in [1.82, 2.24) is 5.32 Å². The van der Waals surface area contributed by atoms with E-state index in [1.807, 2.05) is 38.1 Å². The molecule has 0 aliphatic carbocycles. The van der Waals surface area contributed by atoms with Crippen LogP contribution in [0.15, 0.2) is 24.3 Å². The van der Waals surface area contributed by atoms with E-state index in [0.717, 1.165) is 13.1 Å². The Kier molecular flexibility index (Phi) is 6.25. The number of rotatable bonds is 6. The third-order valence-electron chi connectivity index (χ3n) is 4.35. The molecule has 2 rings (SSSR count). The first-order chi connectivity index (χ1) is 10.6. The van der Waals surface area contributed by atoms with Gasteiger partial charge in [-0.15, -0.1) is 0 Å². The fourth-order valence-electron chi connectivity index (χ4n) is 2.74. The molecule has 1 fully saturated rings. The molecule has 1 heterocycles. The largest absolute Gasteiger partial charge is 0.393 e. The van der Waals surface area contributed by atoms with Gasteiger partial charge in [-0.05, 0) is 55.9 Å². The molecule has 1 unspecified atom stereocenters. The van der Waals surface area contributed by atoms with E-state index in [1.54, 1.807) is 0 Å². The highest BCUT2D eigenvalue weighted by atomic mass is 16.3. The lowest BCUT2D eigenvalue weighted by molar-refractivity contribution is 0.0920. The van der Waals surface area contributed by atoms with Gasteiger partial charge in [0.2, 0.25) is 0 Å². The highest BCUT2D eigenvalue weighted by molar-refractivity contribution is 5.94. The number of amides is 1. The Bertz CT molecular complexity index is 464. The van der Waals surface area contributed by atoms with Gasteiger partial charge in [-0.25, -0.2) is 0 Å². The SMILES string of the molecule is CC(C)C(O)CCNC(=O)c1ccc(N2CCCCC2)cc1. The van der Waals surface area contributed by atoms with Crippen LogP contribution < -0.4 is 10.2 Å². The maximum Gasteiger partial charge on any atom is 0.251 e. The lowest BCUT2D eigenvalue weighted by atomic mass is 10.0. The first-order valence-corrected chi connectivity index (χ1v) is 8.39. The normalized spacial score (nSPS) is 16.6. The second-order valence-electron chi connectivity index (χ2n) is 6.45. The number of hydrogen-bond acceptors (Lipinski definition) is 3. The van der Waals surface area contributed by atoms with Crippen LogP contribution in [0.5, 0.6) is 0 Å². The van der Waals surface area contributed by atoms with Crippen LogP contribution in [0.25, 0.3) is 0 Å². The molecule has 22 heavy (non-hydrogen) atoms. The Morgan fingerprint density at radius 1 is 1.18 bits per heavy atom. The van der Waals surface area contributed by atoms with Gasteiger partial charge in [0.1, 0.15) is 0 Å². The van der Waals surface area contributed by atoms with Crippen molar-refractivity contribution in [3.05, 3.63) is 29.8 Å². The minimum absolute atomic E-state index is 0.0684. The molecule has 1 aromatic rings. The Labute approximate surface area is 133 Å². The predicted molar refractivity (Wildman–Crippen MR) is 90.3 cm³/mol. The number of nitrogens with zero attached hydrogens (tertiary/aromatic N) is 1. The highest BCUT2D eigenvalue weighted by Gasteiger charge is 2.13. The van der Waals surface area contributed by atoms with Crippen molar-refractivity contribution in [2.75, 3.05) is 24.5 Å². The molecule has 4 nitrogen and oxygen atoms in total. The number of aliphatic hydroxyl groups excluding tert-OH is 1. The summed E-state index contributed by atoms with van der Waals surface area (Å²) in [6.45, 7) is 6.68. The molecule has 0 spiro atoms. The molecule has 2 N–H and O–H groups in total. The van der Waals surface area contributed by atoms with Gasteiger partial charge in [0.25, 0.3) is 5.91 Å². The van der Waals surface area contributed by atoms with Gasteiger partial charge >= 0.3 is 0 Å². The minimum Gasteiger partial charge on any atom is -0.393 e. The molecule has 1 aromatic carbocycles. The van der Waals surface area contributed by atoms with Gasteiger partial charge in [0.05, 0.1) is 6.10 Å². The van der Waals surface area contributed by atoms with Crippen LogP contribution in [0, 0.1) is 5.92 Å². The first kappa shape index (κ1) is 16.8. The molecule has 1 aliphatic heterocycles. The molecule has 0 radical (unpaired) electrons. The molecular formula is C18H28N2O2. The maximum atomic E-state index is 12.1. The molecule has 0 saturated carbocycles. The fraction of sp³-hybridized carbons (Fsp3) is 0.611. The Morgan fingerprint density at radius 2 is 1.82 bits per heavy atom. The lowest BCUT2D eigenvalue weighted by Crippen LogP contribution is -2.30. The van der Waals surface area contributed by atoms with Crippen LogP contribution in [0.4, 0.5) is 5.69 Å². The van der Waals surface area contributed by atoms with E-state index in [9.17, 15) is 9.90 Å². The monoisotopic (exact) mass is 304 g/mol. The fourth-order valence-corrected chi connectivity index (χ4v) is 2.74. The van der Waals surface area contributed by atoms with Gasteiger partial charge < -0.3 is 15.3 Å². The van der Waals surface area contributed by atoms with Gasteiger partial charge in [-0.1, -0.05) is 13.8 Å².